The predicted molar refractivity (Wildman–Crippen MR) is 116 cm³/mol. The smallest absolute Gasteiger partial charge is 0.254 e. The monoisotopic (exact) mass is 411 g/mol. The third-order valence-electron chi connectivity index (χ3n) is 4.75. The Morgan fingerprint density at radius 1 is 1.03 bits per heavy atom. The fourth-order valence-corrected chi connectivity index (χ4v) is 3.43. The van der Waals surface area contributed by atoms with Crippen LogP contribution in [0.3, 0.4) is 0 Å². The number of carbonyl (C=O) groups excluding carboxylic acids is 2. The number of para-hydroxylation sites is 2. The van der Waals surface area contributed by atoms with Crippen LogP contribution in [0, 0.1) is 0 Å². The van der Waals surface area contributed by atoms with Crippen molar-refractivity contribution in [3.63, 3.8) is 0 Å². The minimum Gasteiger partial charge on any atom is -0.339 e. The molecule has 3 rings (SSSR count). The molecule has 2 aromatic carbocycles. The van der Waals surface area contributed by atoms with Gasteiger partial charge >= 0.3 is 0 Å². The maximum atomic E-state index is 12.9. The summed E-state index contributed by atoms with van der Waals surface area (Å²) in [4.78, 5) is 39.9. The molecule has 0 saturated carbocycles. The number of hydrogen-bond acceptors (Lipinski definition) is 3. The normalized spacial score (nSPS) is 10.7. The highest BCUT2D eigenvalue weighted by Crippen LogP contribution is 2.21. The molecule has 6 nitrogen and oxygen atoms in total. The summed E-state index contributed by atoms with van der Waals surface area (Å²) in [6, 6.07) is 15.3. The molecule has 2 amide bonds. The van der Waals surface area contributed by atoms with Crippen molar-refractivity contribution in [2.24, 2.45) is 0 Å². The maximum absolute atomic E-state index is 12.9. The van der Waals surface area contributed by atoms with Gasteiger partial charge in [0.05, 0.1) is 21.8 Å². The SMILES string of the molecule is CCN(CC)C(=O)c1cc(=O)n(CC(=O)Nc2ccccc2Cl)c2ccccc12. The fraction of sp³-hybridized carbons (Fsp3) is 0.227. The number of fused-ring (bicyclic) bond motifs is 1. The molecule has 0 unspecified atom stereocenters. The van der Waals surface area contributed by atoms with Crippen molar-refractivity contribution in [2.75, 3.05) is 18.4 Å². The molecule has 3 aromatic rings. The van der Waals surface area contributed by atoms with Gasteiger partial charge in [-0.15, -0.1) is 0 Å². The minimum absolute atomic E-state index is 0.190. The Hall–Kier alpha value is -3.12. The van der Waals surface area contributed by atoms with Crippen LogP contribution in [-0.2, 0) is 11.3 Å². The second kappa shape index (κ2) is 8.92. The Labute approximate surface area is 173 Å². The highest BCUT2D eigenvalue weighted by atomic mass is 35.5. The van der Waals surface area contributed by atoms with Gasteiger partial charge in [-0.25, -0.2) is 0 Å². The molecule has 0 fully saturated rings. The Morgan fingerprint density at radius 3 is 2.38 bits per heavy atom. The van der Waals surface area contributed by atoms with Gasteiger partial charge < -0.3 is 10.2 Å². The summed E-state index contributed by atoms with van der Waals surface area (Å²) < 4.78 is 1.36. The average molecular weight is 412 g/mol. The van der Waals surface area contributed by atoms with Crippen molar-refractivity contribution in [3.05, 3.63) is 75.5 Å². The van der Waals surface area contributed by atoms with E-state index in [4.69, 9.17) is 11.6 Å². The zero-order valence-electron chi connectivity index (χ0n) is 16.3. The van der Waals surface area contributed by atoms with Gasteiger partial charge in [0.25, 0.3) is 11.5 Å². The molecule has 1 aromatic heterocycles. The molecule has 0 radical (unpaired) electrons. The van der Waals surface area contributed by atoms with Crippen molar-refractivity contribution >= 4 is 40.0 Å². The molecule has 1 heterocycles. The molecule has 0 bridgehead atoms. The van der Waals surface area contributed by atoms with Crippen LogP contribution in [0.1, 0.15) is 24.2 Å². The van der Waals surface area contributed by atoms with Gasteiger partial charge in [-0.05, 0) is 32.0 Å². The zero-order chi connectivity index (χ0) is 21.0. The van der Waals surface area contributed by atoms with Crippen LogP contribution < -0.4 is 10.9 Å². The lowest BCUT2D eigenvalue weighted by molar-refractivity contribution is -0.116. The van der Waals surface area contributed by atoms with Crippen LogP contribution in [0.5, 0.6) is 0 Å². The lowest BCUT2D eigenvalue weighted by Crippen LogP contribution is -2.33. The van der Waals surface area contributed by atoms with E-state index in [1.807, 2.05) is 13.8 Å². The summed E-state index contributed by atoms with van der Waals surface area (Å²) in [7, 11) is 0. The van der Waals surface area contributed by atoms with Gasteiger partial charge in [0.15, 0.2) is 0 Å². The van der Waals surface area contributed by atoms with Crippen LogP contribution in [0.15, 0.2) is 59.4 Å². The Bertz CT molecular complexity index is 1120. The number of nitrogens with one attached hydrogen (secondary N) is 1. The van der Waals surface area contributed by atoms with E-state index in [1.54, 1.807) is 53.4 Å². The molecule has 0 atom stereocenters. The van der Waals surface area contributed by atoms with Crippen molar-refractivity contribution in [2.45, 2.75) is 20.4 Å². The fourth-order valence-electron chi connectivity index (χ4n) is 3.25. The minimum atomic E-state index is -0.409. The number of carbonyl (C=O) groups is 2. The highest BCUT2D eigenvalue weighted by molar-refractivity contribution is 6.33. The Kier molecular flexibility index (Phi) is 6.34. The number of nitrogens with zero attached hydrogens (tertiary/aromatic N) is 2. The lowest BCUT2D eigenvalue weighted by Gasteiger charge is -2.20. The Morgan fingerprint density at radius 2 is 1.69 bits per heavy atom. The molecule has 29 heavy (non-hydrogen) atoms. The van der Waals surface area contributed by atoms with E-state index in [-0.39, 0.29) is 18.4 Å². The molecule has 0 aliphatic carbocycles. The summed E-state index contributed by atoms with van der Waals surface area (Å²) in [5.41, 5.74) is 0.945. The lowest BCUT2D eigenvalue weighted by atomic mass is 10.1. The van der Waals surface area contributed by atoms with E-state index in [9.17, 15) is 14.4 Å². The van der Waals surface area contributed by atoms with Gasteiger partial charge in [-0.3, -0.25) is 19.0 Å². The first-order valence-electron chi connectivity index (χ1n) is 9.42. The second-order valence-electron chi connectivity index (χ2n) is 6.51. The molecule has 1 N–H and O–H groups in total. The number of pyridine rings is 1. The molecular weight excluding hydrogens is 390 g/mol. The van der Waals surface area contributed by atoms with Crippen LogP contribution in [0.25, 0.3) is 10.9 Å². The first-order valence-corrected chi connectivity index (χ1v) is 9.80. The van der Waals surface area contributed by atoms with E-state index in [0.29, 0.717) is 40.3 Å². The van der Waals surface area contributed by atoms with E-state index in [2.05, 4.69) is 5.32 Å². The molecule has 7 heteroatoms. The molecular formula is C22H22ClN3O3. The number of hydrogen-bond donors (Lipinski definition) is 1. The molecule has 0 aliphatic heterocycles. The van der Waals surface area contributed by atoms with Crippen LogP contribution in [0.4, 0.5) is 5.69 Å². The molecule has 0 aliphatic rings. The summed E-state index contributed by atoms with van der Waals surface area (Å²) >= 11 is 6.08. The maximum Gasteiger partial charge on any atom is 0.254 e. The van der Waals surface area contributed by atoms with Crippen LogP contribution in [0.2, 0.25) is 5.02 Å². The standard InChI is InChI=1S/C22H22ClN3O3/c1-3-25(4-2)22(29)16-13-21(28)26(19-12-8-5-9-15(16)19)14-20(27)24-18-11-7-6-10-17(18)23/h5-13H,3-4,14H2,1-2H3,(H,24,27). The van der Waals surface area contributed by atoms with E-state index in [1.165, 1.54) is 10.6 Å². The number of benzene rings is 2. The van der Waals surface area contributed by atoms with Crippen molar-refractivity contribution in [1.82, 2.24) is 9.47 Å². The quantitative estimate of drug-likeness (QED) is 0.671. The van der Waals surface area contributed by atoms with Gasteiger partial charge in [0, 0.05) is 24.5 Å². The average Bonchev–Trinajstić information content (AvgIpc) is 2.72. The van der Waals surface area contributed by atoms with Crippen molar-refractivity contribution < 1.29 is 9.59 Å². The first kappa shape index (κ1) is 20.6. The number of anilines is 1. The van der Waals surface area contributed by atoms with Crippen LogP contribution in [-0.4, -0.2) is 34.4 Å². The predicted octanol–water partition coefficient (Wildman–Crippen LogP) is 3.78. The third kappa shape index (κ3) is 4.32. The number of halogens is 1. The number of amides is 2. The van der Waals surface area contributed by atoms with E-state index >= 15 is 0 Å². The van der Waals surface area contributed by atoms with Gasteiger partial charge in [-0.1, -0.05) is 41.9 Å². The van der Waals surface area contributed by atoms with Crippen molar-refractivity contribution in [3.8, 4) is 0 Å². The van der Waals surface area contributed by atoms with Gasteiger partial charge in [0.2, 0.25) is 5.91 Å². The van der Waals surface area contributed by atoms with Gasteiger partial charge in [0.1, 0.15) is 6.54 Å². The largest absolute Gasteiger partial charge is 0.339 e. The summed E-state index contributed by atoms with van der Waals surface area (Å²) in [5.74, 6) is -0.579. The third-order valence-corrected chi connectivity index (χ3v) is 5.08. The molecule has 150 valence electrons. The molecule has 0 spiro atoms. The summed E-state index contributed by atoms with van der Waals surface area (Å²) in [5, 5.41) is 3.77. The number of rotatable bonds is 6. The Balaban J connectivity index is 2.00. The van der Waals surface area contributed by atoms with Crippen molar-refractivity contribution in [1.29, 1.82) is 0 Å². The van der Waals surface area contributed by atoms with E-state index in [0.717, 1.165) is 0 Å². The topological polar surface area (TPSA) is 71.4 Å². The summed E-state index contributed by atoms with van der Waals surface area (Å²) in [6.07, 6.45) is 0. The second-order valence-corrected chi connectivity index (χ2v) is 6.91. The first-order chi connectivity index (χ1) is 14.0. The van der Waals surface area contributed by atoms with Gasteiger partial charge in [-0.2, -0.15) is 0 Å². The summed E-state index contributed by atoms with van der Waals surface area (Å²) in [6.45, 7) is 4.69. The van der Waals surface area contributed by atoms with Crippen LogP contribution >= 0.6 is 11.6 Å². The number of aromatic nitrogens is 1. The van der Waals surface area contributed by atoms with E-state index < -0.39 is 5.56 Å². The highest BCUT2D eigenvalue weighted by Gasteiger charge is 2.19. The molecule has 0 saturated heterocycles. The zero-order valence-corrected chi connectivity index (χ0v) is 17.1.